The largest absolute Gasteiger partial charge is 0.323 e. The molecule has 1 atom stereocenters. The van der Waals surface area contributed by atoms with Crippen molar-refractivity contribution in [2.45, 2.75) is 19.4 Å². The maximum absolute atomic E-state index is 13.3. The first kappa shape index (κ1) is 11.4. The number of nitrogens with zero attached hydrogens (tertiary/aromatic N) is 1. The minimum Gasteiger partial charge on any atom is -0.323 e. The molecule has 0 spiro atoms. The molecule has 14 heavy (non-hydrogen) atoms. The molecule has 2 nitrogen and oxygen atoms in total. The molecule has 0 saturated carbocycles. The molecule has 1 rings (SSSR count). The second-order valence-electron chi connectivity index (χ2n) is 3.08. The van der Waals surface area contributed by atoms with E-state index < -0.39 is 6.04 Å². The quantitative estimate of drug-likeness (QED) is 0.854. The minimum absolute atomic E-state index is 0.207. The van der Waals surface area contributed by atoms with E-state index in [0.29, 0.717) is 11.1 Å². The zero-order chi connectivity index (χ0) is 10.7. The summed E-state index contributed by atoms with van der Waals surface area (Å²) in [4.78, 5) is 0. The van der Waals surface area contributed by atoms with E-state index >= 15 is 0 Å². The van der Waals surface area contributed by atoms with Gasteiger partial charge in [0.2, 0.25) is 0 Å². The fourth-order valence-electron chi connectivity index (χ4n) is 1.10. The number of benzene rings is 1. The zero-order valence-corrected chi connectivity index (χ0v) is 9.88. The lowest BCUT2D eigenvalue weighted by Gasteiger charge is -2.10. The highest BCUT2D eigenvalue weighted by Gasteiger charge is 2.10. The van der Waals surface area contributed by atoms with Gasteiger partial charge in [0.1, 0.15) is 5.82 Å². The van der Waals surface area contributed by atoms with Crippen LogP contribution in [-0.4, -0.2) is 0 Å². The average Bonchev–Trinajstić information content (AvgIpc) is 2.13. The second kappa shape index (κ2) is 4.71. The lowest BCUT2D eigenvalue weighted by atomic mass is 10.0. The molecule has 1 aromatic carbocycles. The maximum atomic E-state index is 13.3. The smallest absolute Gasteiger partial charge is 0.127 e. The van der Waals surface area contributed by atoms with Gasteiger partial charge in [-0.1, -0.05) is 0 Å². The number of hydrogen-bond acceptors (Lipinski definition) is 2. The topological polar surface area (TPSA) is 49.8 Å². The Morgan fingerprint density at radius 3 is 2.79 bits per heavy atom. The third-order valence-electron chi connectivity index (χ3n) is 2.04. The van der Waals surface area contributed by atoms with Crippen molar-refractivity contribution in [3.63, 3.8) is 0 Å². The Morgan fingerprint density at radius 1 is 1.64 bits per heavy atom. The number of nitrogens with two attached hydrogens (primary N) is 1. The Hall–Kier alpha value is -0.670. The molecule has 1 aromatic rings. The van der Waals surface area contributed by atoms with Crippen LogP contribution in [0.5, 0.6) is 0 Å². The van der Waals surface area contributed by atoms with Gasteiger partial charge in [0.15, 0.2) is 0 Å². The van der Waals surface area contributed by atoms with Gasteiger partial charge in [-0.05, 0) is 52.8 Å². The van der Waals surface area contributed by atoms with Gasteiger partial charge in [0.25, 0.3) is 0 Å². The van der Waals surface area contributed by atoms with Gasteiger partial charge in [0.05, 0.1) is 12.5 Å². The second-order valence-corrected chi connectivity index (χ2v) is 4.24. The van der Waals surface area contributed by atoms with E-state index in [9.17, 15) is 4.39 Å². The van der Waals surface area contributed by atoms with E-state index in [-0.39, 0.29) is 12.2 Å². The summed E-state index contributed by atoms with van der Waals surface area (Å²) in [6, 6.07) is 4.79. The summed E-state index contributed by atoms with van der Waals surface area (Å²) in [6.07, 6.45) is 0.207. The van der Waals surface area contributed by atoms with E-state index in [4.69, 9.17) is 11.0 Å². The molecule has 0 heterocycles. The molecule has 0 aliphatic rings. The summed E-state index contributed by atoms with van der Waals surface area (Å²) >= 11 is 2.06. The van der Waals surface area contributed by atoms with E-state index in [2.05, 4.69) is 22.6 Å². The summed E-state index contributed by atoms with van der Waals surface area (Å²) in [6.45, 7) is 1.72. The number of halogens is 2. The maximum Gasteiger partial charge on any atom is 0.127 e. The molecule has 0 fully saturated rings. The first-order valence-corrected chi connectivity index (χ1v) is 5.22. The van der Waals surface area contributed by atoms with E-state index in [1.165, 1.54) is 6.07 Å². The third-order valence-corrected chi connectivity index (χ3v) is 3.16. The molecule has 0 amide bonds. The van der Waals surface area contributed by atoms with Crippen LogP contribution in [0.1, 0.15) is 23.6 Å². The van der Waals surface area contributed by atoms with Gasteiger partial charge in [-0.15, -0.1) is 0 Å². The van der Waals surface area contributed by atoms with Gasteiger partial charge < -0.3 is 5.73 Å². The van der Waals surface area contributed by atoms with Crippen molar-refractivity contribution in [1.82, 2.24) is 0 Å². The van der Waals surface area contributed by atoms with Gasteiger partial charge in [0, 0.05) is 9.61 Å². The Balaban J connectivity index is 3.07. The minimum atomic E-state index is -0.399. The van der Waals surface area contributed by atoms with Gasteiger partial charge in [-0.3, -0.25) is 0 Å². The Kier molecular flexibility index (Phi) is 3.84. The molecule has 0 saturated heterocycles. The highest BCUT2D eigenvalue weighted by Crippen LogP contribution is 2.22. The standard InChI is InChI=1S/C10H10FIN2/c1-6-8(11)4-7(5-9(6)12)10(14)2-3-13/h4-5,10H,2,14H2,1H3. The predicted octanol–water partition coefficient (Wildman–Crippen LogP) is 2.65. The van der Waals surface area contributed by atoms with Crippen LogP contribution >= 0.6 is 22.6 Å². The first-order valence-electron chi connectivity index (χ1n) is 4.14. The summed E-state index contributed by atoms with van der Waals surface area (Å²) in [5.74, 6) is -0.264. The van der Waals surface area contributed by atoms with Crippen LogP contribution < -0.4 is 5.73 Å². The fraction of sp³-hybridized carbons (Fsp3) is 0.300. The lowest BCUT2D eigenvalue weighted by molar-refractivity contribution is 0.609. The summed E-state index contributed by atoms with van der Waals surface area (Å²) in [7, 11) is 0. The Bertz CT molecular complexity index is 361. The predicted molar refractivity (Wildman–Crippen MR) is 61.0 cm³/mol. The van der Waals surface area contributed by atoms with Gasteiger partial charge in [-0.25, -0.2) is 4.39 Å². The van der Waals surface area contributed by atoms with E-state index in [0.717, 1.165) is 3.57 Å². The molecule has 74 valence electrons. The molecule has 0 radical (unpaired) electrons. The molecular weight excluding hydrogens is 294 g/mol. The molecular formula is C10H10FIN2. The van der Waals surface area contributed by atoms with Crippen LogP contribution in [0, 0.1) is 27.6 Å². The van der Waals surface area contributed by atoms with Crippen molar-refractivity contribution in [2.75, 3.05) is 0 Å². The molecule has 2 N–H and O–H groups in total. The van der Waals surface area contributed by atoms with E-state index in [1.807, 2.05) is 12.1 Å². The van der Waals surface area contributed by atoms with Crippen LogP contribution in [0.4, 0.5) is 4.39 Å². The van der Waals surface area contributed by atoms with Crippen molar-refractivity contribution in [3.8, 4) is 6.07 Å². The Morgan fingerprint density at radius 2 is 2.29 bits per heavy atom. The van der Waals surface area contributed by atoms with Gasteiger partial charge in [-0.2, -0.15) is 5.26 Å². The summed E-state index contributed by atoms with van der Waals surface area (Å²) in [5, 5.41) is 8.47. The third kappa shape index (κ3) is 2.42. The summed E-state index contributed by atoms with van der Waals surface area (Å²) in [5.41, 5.74) is 7.00. The Labute approximate surface area is 96.1 Å². The fourth-order valence-corrected chi connectivity index (χ4v) is 1.71. The van der Waals surface area contributed by atoms with Crippen LogP contribution in [0.15, 0.2) is 12.1 Å². The highest BCUT2D eigenvalue weighted by atomic mass is 127. The lowest BCUT2D eigenvalue weighted by Crippen LogP contribution is -2.10. The van der Waals surface area contributed by atoms with Crippen molar-refractivity contribution in [2.24, 2.45) is 5.73 Å². The van der Waals surface area contributed by atoms with E-state index in [1.54, 1.807) is 6.92 Å². The summed E-state index contributed by atoms with van der Waals surface area (Å²) < 4.78 is 14.1. The van der Waals surface area contributed by atoms with Crippen LogP contribution in [0.3, 0.4) is 0 Å². The number of hydrogen-bond donors (Lipinski definition) is 1. The SMILES string of the molecule is Cc1c(F)cc(C(N)CC#N)cc1I. The average molecular weight is 304 g/mol. The van der Waals surface area contributed by atoms with Crippen LogP contribution in [-0.2, 0) is 0 Å². The highest BCUT2D eigenvalue weighted by molar-refractivity contribution is 14.1. The molecule has 0 bridgehead atoms. The molecule has 0 aromatic heterocycles. The van der Waals surface area contributed by atoms with Crippen molar-refractivity contribution >= 4 is 22.6 Å². The molecule has 1 unspecified atom stereocenters. The van der Waals surface area contributed by atoms with Crippen molar-refractivity contribution in [1.29, 1.82) is 5.26 Å². The van der Waals surface area contributed by atoms with Crippen molar-refractivity contribution < 1.29 is 4.39 Å². The zero-order valence-electron chi connectivity index (χ0n) is 7.72. The normalized spacial score (nSPS) is 12.2. The molecule has 0 aliphatic heterocycles. The molecule has 0 aliphatic carbocycles. The van der Waals surface area contributed by atoms with Crippen molar-refractivity contribution in [3.05, 3.63) is 32.6 Å². The molecule has 4 heteroatoms. The van der Waals surface area contributed by atoms with Crippen LogP contribution in [0.2, 0.25) is 0 Å². The first-order chi connectivity index (χ1) is 6.56. The van der Waals surface area contributed by atoms with Crippen LogP contribution in [0.25, 0.3) is 0 Å². The monoisotopic (exact) mass is 304 g/mol. The van der Waals surface area contributed by atoms with Gasteiger partial charge >= 0.3 is 0 Å². The number of rotatable bonds is 2. The number of nitriles is 1.